The first-order valence-corrected chi connectivity index (χ1v) is 6.71. The summed E-state index contributed by atoms with van der Waals surface area (Å²) in [7, 11) is 4.29. The van der Waals surface area contributed by atoms with Crippen LogP contribution in [0.25, 0.3) is 0 Å². The molecule has 0 aromatic carbocycles. The van der Waals surface area contributed by atoms with Gasteiger partial charge in [0.2, 0.25) is 0 Å². The lowest BCUT2D eigenvalue weighted by molar-refractivity contribution is 0.181. The molecule has 0 radical (unpaired) electrons. The molecule has 0 aliphatic rings. The third-order valence-corrected chi connectivity index (χ3v) is 2.96. The van der Waals surface area contributed by atoms with Gasteiger partial charge in [0.15, 0.2) is 0 Å². The average Bonchev–Trinajstić information content (AvgIpc) is 2.24. The molecule has 0 rings (SSSR count). The van der Waals surface area contributed by atoms with Gasteiger partial charge in [-0.05, 0) is 53.5 Å². The fourth-order valence-electron chi connectivity index (χ4n) is 1.84. The molecule has 1 N–H and O–H groups in total. The summed E-state index contributed by atoms with van der Waals surface area (Å²) in [6, 6.07) is 0.693. The molecule has 0 fully saturated rings. The predicted molar refractivity (Wildman–Crippen MR) is 73.0 cm³/mol. The second kappa shape index (κ2) is 10.1. The third kappa shape index (κ3) is 8.08. The molecular weight excluding hydrogens is 198 g/mol. The number of hydrogen-bond acceptors (Lipinski definition) is 3. The molecule has 0 saturated heterocycles. The highest BCUT2D eigenvalue weighted by Crippen LogP contribution is 2.04. The maximum atomic E-state index is 3.40. The SMILES string of the molecule is CCCN(CCN(C)C)C(C)CCNCC. The van der Waals surface area contributed by atoms with E-state index in [1.807, 2.05) is 0 Å². The van der Waals surface area contributed by atoms with Crippen LogP contribution in [0.15, 0.2) is 0 Å². The maximum Gasteiger partial charge on any atom is 0.0112 e. The molecule has 0 aliphatic heterocycles. The molecule has 1 atom stereocenters. The Morgan fingerprint density at radius 3 is 2.25 bits per heavy atom. The monoisotopic (exact) mass is 229 g/mol. The molecule has 3 nitrogen and oxygen atoms in total. The van der Waals surface area contributed by atoms with Gasteiger partial charge in [0.25, 0.3) is 0 Å². The van der Waals surface area contributed by atoms with E-state index in [2.05, 4.69) is 50.0 Å². The first-order valence-electron chi connectivity index (χ1n) is 6.71. The first-order chi connectivity index (χ1) is 7.61. The zero-order valence-corrected chi connectivity index (χ0v) is 11.9. The van der Waals surface area contributed by atoms with Crippen LogP contribution in [-0.2, 0) is 0 Å². The molecule has 0 aromatic rings. The van der Waals surface area contributed by atoms with Gasteiger partial charge in [-0.15, -0.1) is 0 Å². The van der Waals surface area contributed by atoms with Gasteiger partial charge in [-0.1, -0.05) is 13.8 Å². The predicted octanol–water partition coefficient (Wildman–Crippen LogP) is 1.65. The van der Waals surface area contributed by atoms with E-state index in [1.54, 1.807) is 0 Å². The van der Waals surface area contributed by atoms with Crippen molar-refractivity contribution in [3.05, 3.63) is 0 Å². The number of rotatable bonds is 10. The Labute approximate surface area is 102 Å². The van der Waals surface area contributed by atoms with Crippen molar-refractivity contribution < 1.29 is 0 Å². The Morgan fingerprint density at radius 2 is 1.75 bits per heavy atom. The topological polar surface area (TPSA) is 18.5 Å². The number of likely N-dealkylation sites (N-methyl/N-ethyl adjacent to an activating group) is 1. The smallest absolute Gasteiger partial charge is 0.0112 e. The Bertz CT molecular complexity index is 148. The van der Waals surface area contributed by atoms with Gasteiger partial charge in [0.1, 0.15) is 0 Å². The lowest BCUT2D eigenvalue weighted by atomic mass is 10.2. The maximum absolute atomic E-state index is 3.40. The van der Waals surface area contributed by atoms with Crippen LogP contribution < -0.4 is 5.32 Å². The fourth-order valence-corrected chi connectivity index (χ4v) is 1.84. The summed E-state index contributed by atoms with van der Waals surface area (Å²) in [5, 5.41) is 3.40. The van der Waals surface area contributed by atoms with Gasteiger partial charge < -0.3 is 10.2 Å². The largest absolute Gasteiger partial charge is 0.317 e. The van der Waals surface area contributed by atoms with Crippen LogP contribution in [0, 0.1) is 0 Å². The van der Waals surface area contributed by atoms with Gasteiger partial charge in [-0.3, -0.25) is 4.90 Å². The molecule has 0 aliphatic carbocycles. The number of nitrogens with zero attached hydrogens (tertiary/aromatic N) is 2. The van der Waals surface area contributed by atoms with Crippen molar-refractivity contribution >= 4 is 0 Å². The number of hydrogen-bond donors (Lipinski definition) is 1. The van der Waals surface area contributed by atoms with E-state index in [4.69, 9.17) is 0 Å². The van der Waals surface area contributed by atoms with Crippen LogP contribution in [0.5, 0.6) is 0 Å². The Morgan fingerprint density at radius 1 is 1.06 bits per heavy atom. The molecular formula is C13H31N3. The van der Waals surface area contributed by atoms with E-state index < -0.39 is 0 Å². The van der Waals surface area contributed by atoms with E-state index in [9.17, 15) is 0 Å². The highest BCUT2D eigenvalue weighted by Gasteiger charge is 2.12. The molecule has 0 spiro atoms. The van der Waals surface area contributed by atoms with Crippen LogP contribution >= 0.6 is 0 Å². The summed E-state index contributed by atoms with van der Waals surface area (Å²) in [6.45, 7) is 12.6. The minimum absolute atomic E-state index is 0.693. The molecule has 0 heterocycles. The lowest BCUT2D eigenvalue weighted by Gasteiger charge is -2.30. The highest BCUT2D eigenvalue weighted by atomic mass is 15.2. The third-order valence-electron chi connectivity index (χ3n) is 2.96. The van der Waals surface area contributed by atoms with Crippen LogP contribution in [0.1, 0.15) is 33.6 Å². The summed E-state index contributed by atoms with van der Waals surface area (Å²) in [4.78, 5) is 4.87. The van der Waals surface area contributed by atoms with Crippen LogP contribution in [0.3, 0.4) is 0 Å². The standard InChI is InChI=1S/C13H31N3/c1-6-10-16(12-11-15(4)5)13(3)8-9-14-7-2/h13-14H,6-12H2,1-5H3. The van der Waals surface area contributed by atoms with E-state index in [0.29, 0.717) is 6.04 Å². The second-order valence-electron chi connectivity index (χ2n) is 4.83. The molecule has 0 amide bonds. The van der Waals surface area contributed by atoms with Gasteiger partial charge in [0.05, 0.1) is 0 Å². The minimum Gasteiger partial charge on any atom is -0.317 e. The summed E-state index contributed by atoms with van der Waals surface area (Å²) in [6.07, 6.45) is 2.50. The molecule has 0 bridgehead atoms. The van der Waals surface area contributed by atoms with Crippen molar-refractivity contribution in [2.45, 2.75) is 39.7 Å². The molecule has 1 unspecified atom stereocenters. The Hall–Kier alpha value is -0.120. The van der Waals surface area contributed by atoms with Crippen molar-refractivity contribution in [2.75, 3.05) is 46.8 Å². The first kappa shape index (κ1) is 15.9. The zero-order valence-electron chi connectivity index (χ0n) is 11.9. The average molecular weight is 229 g/mol. The molecule has 0 saturated carbocycles. The van der Waals surface area contributed by atoms with Crippen LogP contribution in [-0.4, -0.2) is 62.7 Å². The highest BCUT2D eigenvalue weighted by molar-refractivity contribution is 4.69. The molecule has 0 aromatic heterocycles. The van der Waals surface area contributed by atoms with Crippen LogP contribution in [0.4, 0.5) is 0 Å². The van der Waals surface area contributed by atoms with Crippen molar-refractivity contribution in [3.63, 3.8) is 0 Å². The Balaban J connectivity index is 3.87. The van der Waals surface area contributed by atoms with Crippen molar-refractivity contribution in [2.24, 2.45) is 0 Å². The van der Waals surface area contributed by atoms with E-state index in [0.717, 1.165) is 19.6 Å². The molecule has 16 heavy (non-hydrogen) atoms. The van der Waals surface area contributed by atoms with E-state index in [1.165, 1.54) is 25.9 Å². The molecule has 3 heteroatoms. The van der Waals surface area contributed by atoms with Gasteiger partial charge >= 0.3 is 0 Å². The quantitative estimate of drug-likeness (QED) is 0.575. The normalized spacial score (nSPS) is 13.7. The summed E-state index contributed by atoms with van der Waals surface area (Å²) < 4.78 is 0. The van der Waals surface area contributed by atoms with Crippen molar-refractivity contribution in [3.8, 4) is 0 Å². The summed E-state index contributed by atoms with van der Waals surface area (Å²) in [5.41, 5.74) is 0. The van der Waals surface area contributed by atoms with Crippen LogP contribution in [0.2, 0.25) is 0 Å². The Kier molecular flexibility index (Phi) is 9.99. The van der Waals surface area contributed by atoms with E-state index in [-0.39, 0.29) is 0 Å². The fraction of sp³-hybridized carbons (Fsp3) is 1.00. The second-order valence-corrected chi connectivity index (χ2v) is 4.83. The van der Waals surface area contributed by atoms with Crippen molar-refractivity contribution in [1.82, 2.24) is 15.1 Å². The minimum atomic E-state index is 0.693. The lowest BCUT2D eigenvalue weighted by Crippen LogP contribution is -2.40. The summed E-state index contributed by atoms with van der Waals surface area (Å²) in [5.74, 6) is 0. The van der Waals surface area contributed by atoms with Crippen molar-refractivity contribution in [1.29, 1.82) is 0 Å². The van der Waals surface area contributed by atoms with Gasteiger partial charge in [0, 0.05) is 19.1 Å². The zero-order chi connectivity index (χ0) is 12.4. The summed E-state index contributed by atoms with van der Waals surface area (Å²) >= 11 is 0. The van der Waals surface area contributed by atoms with Gasteiger partial charge in [-0.2, -0.15) is 0 Å². The van der Waals surface area contributed by atoms with Gasteiger partial charge in [-0.25, -0.2) is 0 Å². The number of nitrogens with one attached hydrogen (secondary N) is 1. The molecule has 98 valence electrons. The van der Waals surface area contributed by atoms with E-state index >= 15 is 0 Å².